The lowest BCUT2D eigenvalue weighted by Gasteiger charge is -2.37. The monoisotopic (exact) mass is 521 g/mol. The summed E-state index contributed by atoms with van der Waals surface area (Å²) >= 11 is 0. The number of para-hydroxylation sites is 1. The van der Waals surface area contributed by atoms with Crippen molar-refractivity contribution in [2.45, 2.75) is 20.3 Å². The smallest absolute Gasteiger partial charge is 0.221 e. The molecule has 1 saturated heterocycles. The number of guanidine groups is 1. The van der Waals surface area contributed by atoms with Gasteiger partial charge in [-0.1, -0.05) is 30.3 Å². The molecule has 30 heavy (non-hydrogen) atoms. The number of halogens is 1. The van der Waals surface area contributed by atoms with E-state index in [0.29, 0.717) is 0 Å². The van der Waals surface area contributed by atoms with Crippen LogP contribution in [0.1, 0.15) is 19.4 Å². The number of rotatable bonds is 6. The third-order valence-electron chi connectivity index (χ3n) is 4.97. The summed E-state index contributed by atoms with van der Waals surface area (Å²) in [4.78, 5) is 20.7. The molecule has 2 aromatic rings. The van der Waals surface area contributed by atoms with Gasteiger partial charge in [-0.15, -0.1) is 24.0 Å². The number of carbonyl (C=O) groups excluding carboxylic acids is 1. The molecule has 1 heterocycles. The van der Waals surface area contributed by atoms with Crippen LogP contribution in [0.5, 0.6) is 0 Å². The van der Waals surface area contributed by atoms with Crippen molar-refractivity contribution in [2.75, 3.05) is 49.5 Å². The van der Waals surface area contributed by atoms with Crippen LogP contribution in [0.4, 0.5) is 11.4 Å². The number of nitrogens with one attached hydrogen (secondary N) is 2. The molecule has 0 radical (unpaired) electrons. The van der Waals surface area contributed by atoms with Crippen molar-refractivity contribution in [2.24, 2.45) is 4.99 Å². The van der Waals surface area contributed by atoms with E-state index in [4.69, 9.17) is 4.99 Å². The molecule has 2 aromatic carbocycles. The van der Waals surface area contributed by atoms with Crippen LogP contribution in [0.2, 0.25) is 0 Å². The molecular formula is C23H32IN5O. The number of piperazine rings is 1. The summed E-state index contributed by atoms with van der Waals surface area (Å²) in [5, 5.41) is 6.23. The van der Waals surface area contributed by atoms with Crippen molar-refractivity contribution < 1.29 is 4.79 Å². The van der Waals surface area contributed by atoms with E-state index in [-0.39, 0.29) is 29.9 Å². The molecule has 0 unspecified atom stereocenters. The number of hydrogen-bond acceptors (Lipinski definition) is 3. The molecule has 6 nitrogen and oxygen atoms in total. The van der Waals surface area contributed by atoms with Gasteiger partial charge < -0.3 is 20.4 Å². The molecule has 0 bridgehead atoms. The first kappa shape index (κ1) is 24.0. The van der Waals surface area contributed by atoms with E-state index in [1.807, 2.05) is 24.3 Å². The van der Waals surface area contributed by atoms with Gasteiger partial charge in [0.1, 0.15) is 0 Å². The van der Waals surface area contributed by atoms with Crippen LogP contribution in [-0.4, -0.2) is 56.0 Å². The summed E-state index contributed by atoms with van der Waals surface area (Å²) < 4.78 is 0. The predicted octanol–water partition coefficient (Wildman–Crippen LogP) is 3.59. The number of nitrogens with zero attached hydrogens (tertiary/aromatic N) is 3. The van der Waals surface area contributed by atoms with Gasteiger partial charge in [0.25, 0.3) is 0 Å². The Labute approximate surface area is 196 Å². The van der Waals surface area contributed by atoms with E-state index < -0.39 is 0 Å². The van der Waals surface area contributed by atoms with Crippen LogP contribution in [0.25, 0.3) is 0 Å². The Morgan fingerprint density at radius 2 is 1.67 bits per heavy atom. The molecule has 0 spiro atoms. The lowest BCUT2D eigenvalue weighted by Crippen LogP contribution is -2.52. The van der Waals surface area contributed by atoms with Crippen LogP contribution < -0.4 is 15.5 Å². The maximum atomic E-state index is 11.1. The lowest BCUT2D eigenvalue weighted by molar-refractivity contribution is -0.114. The van der Waals surface area contributed by atoms with Gasteiger partial charge in [-0.3, -0.25) is 9.79 Å². The molecule has 2 N–H and O–H groups in total. The fourth-order valence-electron chi connectivity index (χ4n) is 3.49. The van der Waals surface area contributed by atoms with E-state index in [1.54, 1.807) is 0 Å². The average molecular weight is 521 g/mol. The van der Waals surface area contributed by atoms with E-state index in [0.717, 1.165) is 57.3 Å². The maximum Gasteiger partial charge on any atom is 0.221 e. The van der Waals surface area contributed by atoms with Crippen LogP contribution in [-0.2, 0) is 11.2 Å². The zero-order valence-electron chi connectivity index (χ0n) is 17.8. The highest BCUT2D eigenvalue weighted by molar-refractivity contribution is 14.0. The zero-order valence-corrected chi connectivity index (χ0v) is 20.1. The molecule has 0 saturated carbocycles. The first-order valence-corrected chi connectivity index (χ1v) is 10.4. The van der Waals surface area contributed by atoms with Crippen molar-refractivity contribution in [3.05, 3.63) is 60.2 Å². The van der Waals surface area contributed by atoms with E-state index in [9.17, 15) is 4.79 Å². The molecule has 0 atom stereocenters. The minimum Gasteiger partial charge on any atom is -0.368 e. The Morgan fingerprint density at radius 3 is 2.27 bits per heavy atom. The maximum absolute atomic E-state index is 11.1. The van der Waals surface area contributed by atoms with Crippen LogP contribution in [0.15, 0.2) is 59.6 Å². The molecule has 3 rings (SSSR count). The molecule has 1 aliphatic heterocycles. The highest BCUT2D eigenvalue weighted by Crippen LogP contribution is 2.15. The van der Waals surface area contributed by atoms with Crippen molar-refractivity contribution in [1.29, 1.82) is 0 Å². The summed E-state index contributed by atoms with van der Waals surface area (Å²) in [6.45, 7) is 9.15. The Balaban J connectivity index is 0.00000320. The van der Waals surface area contributed by atoms with Crippen LogP contribution >= 0.6 is 24.0 Å². The first-order valence-electron chi connectivity index (χ1n) is 10.4. The third-order valence-corrected chi connectivity index (χ3v) is 4.97. The van der Waals surface area contributed by atoms with E-state index in [2.05, 4.69) is 57.7 Å². The predicted molar refractivity (Wildman–Crippen MR) is 136 cm³/mol. The number of amides is 1. The van der Waals surface area contributed by atoms with Gasteiger partial charge >= 0.3 is 0 Å². The number of hydrogen-bond donors (Lipinski definition) is 2. The van der Waals surface area contributed by atoms with Gasteiger partial charge in [0.05, 0.1) is 0 Å². The van der Waals surface area contributed by atoms with Crippen molar-refractivity contribution >= 4 is 47.2 Å². The zero-order chi connectivity index (χ0) is 20.5. The van der Waals surface area contributed by atoms with Gasteiger partial charge in [-0.25, -0.2) is 0 Å². The van der Waals surface area contributed by atoms with Crippen molar-refractivity contribution in [3.63, 3.8) is 0 Å². The average Bonchev–Trinajstić information content (AvgIpc) is 2.75. The van der Waals surface area contributed by atoms with Crippen molar-refractivity contribution in [1.82, 2.24) is 10.2 Å². The van der Waals surface area contributed by atoms with Crippen molar-refractivity contribution in [3.8, 4) is 0 Å². The molecule has 0 aliphatic carbocycles. The standard InChI is InChI=1S/C23H31N5O.HI/c1-3-24-23(25-14-13-20-9-11-21(12-10-20)26-19(2)29)28-17-15-27(16-18-28)22-7-5-4-6-8-22;/h4-12H,3,13-18H2,1-2H3,(H,24,25)(H,26,29);1H. The minimum atomic E-state index is -0.0509. The molecule has 162 valence electrons. The molecule has 1 fully saturated rings. The Hall–Kier alpha value is -2.29. The summed E-state index contributed by atoms with van der Waals surface area (Å²) in [6, 6.07) is 18.6. The summed E-state index contributed by atoms with van der Waals surface area (Å²) in [5.74, 6) is 0.945. The molecule has 1 amide bonds. The normalized spacial score (nSPS) is 14.1. The SMILES string of the molecule is CCNC(=NCCc1ccc(NC(C)=O)cc1)N1CCN(c2ccccc2)CC1.I. The highest BCUT2D eigenvalue weighted by Gasteiger charge is 2.19. The summed E-state index contributed by atoms with van der Waals surface area (Å²) in [5.41, 5.74) is 3.33. The third kappa shape index (κ3) is 7.19. The second-order valence-electron chi connectivity index (χ2n) is 7.17. The largest absolute Gasteiger partial charge is 0.368 e. The molecule has 7 heteroatoms. The van der Waals surface area contributed by atoms with Crippen LogP contribution in [0, 0.1) is 0 Å². The number of aliphatic imine (C=N–C) groups is 1. The molecule has 1 aliphatic rings. The molecular weight excluding hydrogens is 489 g/mol. The fourth-order valence-corrected chi connectivity index (χ4v) is 3.49. The summed E-state index contributed by atoms with van der Waals surface area (Å²) in [7, 11) is 0. The Kier molecular flexibility index (Phi) is 9.93. The lowest BCUT2D eigenvalue weighted by atomic mass is 10.1. The summed E-state index contributed by atoms with van der Waals surface area (Å²) in [6.07, 6.45) is 0.874. The van der Waals surface area contributed by atoms with Gasteiger partial charge in [0, 0.05) is 57.6 Å². The second-order valence-corrected chi connectivity index (χ2v) is 7.17. The van der Waals surface area contributed by atoms with Gasteiger partial charge in [-0.2, -0.15) is 0 Å². The van der Waals surface area contributed by atoms with Gasteiger partial charge in [-0.05, 0) is 43.2 Å². The molecule has 0 aromatic heterocycles. The number of carbonyl (C=O) groups is 1. The van der Waals surface area contributed by atoms with Gasteiger partial charge in [0.15, 0.2) is 5.96 Å². The Morgan fingerprint density at radius 1 is 1.00 bits per heavy atom. The van der Waals surface area contributed by atoms with E-state index in [1.165, 1.54) is 18.2 Å². The van der Waals surface area contributed by atoms with Crippen LogP contribution in [0.3, 0.4) is 0 Å². The minimum absolute atomic E-state index is 0. The Bertz CT molecular complexity index is 802. The first-order chi connectivity index (χ1) is 14.2. The highest BCUT2D eigenvalue weighted by atomic mass is 127. The van der Waals surface area contributed by atoms with E-state index >= 15 is 0 Å². The number of benzene rings is 2. The topological polar surface area (TPSA) is 60.0 Å². The quantitative estimate of drug-likeness (QED) is 0.347. The fraction of sp³-hybridized carbons (Fsp3) is 0.391. The number of anilines is 2. The second kappa shape index (κ2) is 12.4. The van der Waals surface area contributed by atoms with Gasteiger partial charge in [0.2, 0.25) is 5.91 Å².